The van der Waals surface area contributed by atoms with Crippen LogP contribution in [0.2, 0.25) is 0 Å². The zero-order valence-corrected chi connectivity index (χ0v) is 18.2. The largest absolute Gasteiger partial charge is 0.461 e. The SMILES string of the molecule is CCn1c(SCCC(=O)NC(c2ccccc2)c2cccs2)nnc1-c1ccco1. The molecule has 0 spiro atoms. The topological polar surface area (TPSA) is 73.0 Å². The van der Waals surface area contributed by atoms with Gasteiger partial charge in [0.15, 0.2) is 16.7 Å². The fraction of sp³-hybridized carbons (Fsp3) is 0.227. The van der Waals surface area contributed by atoms with Crippen LogP contribution in [-0.4, -0.2) is 26.4 Å². The summed E-state index contributed by atoms with van der Waals surface area (Å²) in [7, 11) is 0. The Bertz CT molecular complexity index is 1060. The van der Waals surface area contributed by atoms with E-state index in [0.29, 0.717) is 23.8 Å². The molecule has 30 heavy (non-hydrogen) atoms. The number of thioether (sulfide) groups is 1. The molecule has 4 rings (SSSR count). The predicted molar refractivity (Wildman–Crippen MR) is 119 cm³/mol. The van der Waals surface area contributed by atoms with Gasteiger partial charge in [0.2, 0.25) is 5.91 Å². The maximum absolute atomic E-state index is 12.7. The first-order valence-corrected chi connectivity index (χ1v) is 11.6. The van der Waals surface area contributed by atoms with Crippen LogP contribution in [0.15, 0.2) is 75.8 Å². The van der Waals surface area contributed by atoms with Crippen LogP contribution < -0.4 is 5.32 Å². The summed E-state index contributed by atoms with van der Waals surface area (Å²) in [5.74, 6) is 2.03. The number of rotatable bonds is 9. The summed E-state index contributed by atoms with van der Waals surface area (Å²) in [6.45, 7) is 2.77. The van der Waals surface area contributed by atoms with Gasteiger partial charge in [-0.3, -0.25) is 9.36 Å². The molecule has 1 atom stereocenters. The highest BCUT2D eigenvalue weighted by Gasteiger charge is 2.19. The number of carbonyl (C=O) groups excluding carboxylic acids is 1. The molecule has 4 aromatic rings. The van der Waals surface area contributed by atoms with Crippen LogP contribution >= 0.6 is 23.1 Å². The van der Waals surface area contributed by atoms with Gasteiger partial charge >= 0.3 is 0 Å². The molecular weight excluding hydrogens is 416 g/mol. The number of thiophene rings is 1. The molecule has 1 unspecified atom stereocenters. The average Bonchev–Trinajstić information content (AvgIpc) is 3.54. The predicted octanol–water partition coefficient (Wildman–Crippen LogP) is 5.01. The minimum absolute atomic E-state index is 0.0126. The molecule has 0 aliphatic rings. The standard InChI is InChI=1S/C22H22N4O2S2/c1-2-26-21(17-10-6-13-28-17)24-25-22(26)30-15-12-19(27)23-20(18-11-7-14-29-18)16-8-4-3-5-9-16/h3-11,13-14,20H,2,12,15H2,1H3,(H,23,27). The molecule has 0 aliphatic carbocycles. The van der Waals surface area contributed by atoms with Crippen molar-refractivity contribution in [3.8, 4) is 11.6 Å². The van der Waals surface area contributed by atoms with E-state index in [4.69, 9.17) is 4.42 Å². The van der Waals surface area contributed by atoms with E-state index in [2.05, 4.69) is 21.6 Å². The molecule has 0 fully saturated rings. The van der Waals surface area contributed by atoms with Crippen LogP contribution in [0.1, 0.15) is 29.8 Å². The normalized spacial score (nSPS) is 12.0. The number of nitrogens with one attached hydrogen (secondary N) is 1. The Labute approximate surface area is 183 Å². The van der Waals surface area contributed by atoms with Gasteiger partial charge in [-0.1, -0.05) is 48.2 Å². The Kier molecular flexibility index (Phi) is 6.66. The summed E-state index contributed by atoms with van der Waals surface area (Å²) in [6, 6.07) is 17.7. The second-order valence-electron chi connectivity index (χ2n) is 6.55. The number of amides is 1. The first kappa shape index (κ1) is 20.4. The summed E-state index contributed by atoms with van der Waals surface area (Å²) in [6.07, 6.45) is 2.02. The molecule has 0 saturated heterocycles. The third-order valence-electron chi connectivity index (χ3n) is 4.60. The second-order valence-corrected chi connectivity index (χ2v) is 8.59. The van der Waals surface area contributed by atoms with Gasteiger partial charge in [-0.25, -0.2) is 0 Å². The molecule has 8 heteroatoms. The Morgan fingerprint density at radius 3 is 2.73 bits per heavy atom. The number of benzene rings is 1. The van der Waals surface area contributed by atoms with Crippen molar-refractivity contribution in [3.05, 3.63) is 76.7 Å². The highest BCUT2D eigenvalue weighted by Crippen LogP contribution is 2.27. The van der Waals surface area contributed by atoms with E-state index < -0.39 is 0 Å². The molecule has 3 aromatic heterocycles. The van der Waals surface area contributed by atoms with Crippen molar-refractivity contribution in [3.63, 3.8) is 0 Å². The van der Waals surface area contributed by atoms with Crippen molar-refractivity contribution in [2.45, 2.75) is 31.1 Å². The van der Waals surface area contributed by atoms with Crippen LogP contribution in [0.5, 0.6) is 0 Å². The molecule has 3 heterocycles. The van der Waals surface area contributed by atoms with Crippen LogP contribution in [0.3, 0.4) is 0 Å². The zero-order chi connectivity index (χ0) is 20.8. The highest BCUT2D eigenvalue weighted by atomic mass is 32.2. The van der Waals surface area contributed by atoms with E-state index in [-0.39, 0.29) is 11.9 Å². The lowest BCUT2D eigenvalue weighted by atomic mass is 10.1. The molecule has 1 N–H and O–H groups in total. The quantitative estimate of drug-likeness (QED) is 0.372. The lowest BCUT2D eigenvalue weighted by molar-refractivity contribution is -0.121. The lowest BCUT2D eigenvalue weighted by Crippen LogP contribution is -2.29. The third-order valence-corrected chi connectivity index (χ3v) is 6.51. The smallest absolute Gasteiger partial charge is 0.221 e. The third kappa shape index (κ3) is 4.66. The minimum atomic E-state index is -0.131. The zero-order valence-electron chi connectivity index (χ0n) is 16.5. The van der Waals surface area contributed by atoms with Crippen LogP contribution in [0, 0.1) is 0 Å². The number of nitrogens with zero attached hydrogens (tertiary/aromatic N) is 3. The molecule has 6 nitrogen and oxygen atoms in total. The van der Waals surface area contributed by atoms with Gasteiger partial charge in [0.25, 0.3) is 0 Å². The van der Waals surface area contributed by atoms with Crippen molar-refractivity contribution < 1.29 is 9.21 Å². The Morgan fingerprint density at radius 1 is 1.17 bits per heavy atom. The van der Waals surface area contributed by atoms with Crippen molar-refractivity contribution in [1.82, 2.24) is 20.1 Å². The molecule has 0 radical (unpaired) electrons. The van der Waals surface area contributed by atoms with E-state index in [0.717, 1.165) is 22.1 Å². The highest BCUT2D eigenvalue weighted by molar-refractivity contribution is 7.99. The summed E-state index contributed by atoms with van der Waals surface area (Å²) in [5.41, 5.74) is 1.08. The van der Waals surface area contributed by atoms with Gasteiger partial charge < -0.3 is 9.73 Å². The summed E-state index contributed by atoms with van der Waals surface area (Å²) >= 11 is 3.17. The molecule has 0 saturated carbocycles. The van der Waals surface area contributed by atoms with Crippen LogP contribution in [-0.2, 0) is 11.3 Å². The summed E-state index contributed by atoms with van der Waals surface area (Å²) < 4.78 is 7.44. The van der Waals surface area contributed by atoms with Crippen LogP contribution in [0.4, 0.5) is 0 Å². The molecule has 0 aliphatic heterocycles. The summed E-state index contributed by atoms with van der Waals surface area (Å²) in [4.78, 5) is 13.8. The fourth-order valence-electron chi connectivity index (χ4n) is 3.16. The molecule has 154 valence electrons. The molecule has 1 amide bonds. The monoisotopic (exact) mass is 438 g/mol. The number of furan rings is 1. The Hall–Kier alpha value is -2.84. The van der Waals surface area contributed by atoms with Gasteiger partial charge in [-0.2, -0.15) is 0 Å². The van der Waals surface area contributed by atoms with E-state index in [1.165, 1.54) is 11.8 Å². The lowest BCUT2D eigenvalue weighted by Gasteiger charge is -2.18. The number of carbonyl (C=O) groups is 1. The minimum Gasteiger partial charge on any atom is -0.461 e. The number of hydrogen-bond donors (Lipinski definition) is 1. The number of hydrogen-bond acceptors (Lipinski definition) is 6. The van der Waals surface area contributed by atoms with Crippen molar-refractivity contribution in [2.75, 3.05) is 5.75 Å². The van der Waals surface area contributed by atoms with Gasteiger partial charge in [0.05, 0.1) is 12.3 Å². The Morgan fingerprint density at radius 2 is 2.03 bits per heavy atom. The van der Waals surface area contributed by atoms with Gasteiger partial charge in [-0.05, 0) is 36.1 Å². The maximum Gasteiger partial charge on any atom is 0.221 e. The van der Waals surface area contributed by atoms with Crippen molar-refractivity contribution in [2.24, 2.45) is 0 Å². The van der Waals surface area contributed by atoms with E-state index >= 15 is 0 Å². The van der Waals surface area contributed by atoms with Crippen molar-refractivity contribution >= 4 is 29.0 Å². The first-order valence-electron chi connectivity index (χ1n) is 9.74. The van der Waals surface area contributed by atoms with Gasteiger partial charge in [0.1, 0.15) is 0 Å². The summed E-state index contributed by atoms with van der Waals surface area (Å²) in [5, 5.41) is 14.5. The van der Waals surface area contributed by atoms with Gasteiger partial charge in [0, 0.05) is 23.6 Å². The molecule has 0 bridgehead atoms. The van der Waals surface area contributed by atoms with Crippen molar-refractivity contribution in [1.29, 1.82) is 0 Å². The Balaban J connectivity index is 1.38. The first-order chi connectivity index (χ1) is 14.8. The van der Waals surface area contributed by atoms with E-state index in [1.807, 2.05) is 65.4 Å². The van der Waals surface area contributed by atoms with E-state index in [9.17, 15) is 4.79 Å². The van der Waals surface area contributed by atoms with Crippen LogP contribution in [0.25, 0.3) is 11.6 Å². The maximum atomic E-state index is 12.7. The average molecular weight is 439 g/mol. The second kappa shape index (κ2) is 9.77. The fourth-order valence-corrected chi connectivity index (χ4v) is 4.90. The number of aromatic nitrogens is 3. The molecule has 1 aromatic carbocycles. The molecular formula is C22H22N4O2S2. The van der Waals surface area contributed by atoms with Gasteiger partial charge in [-0.15, -0.1) is 21.5 Å². The van der Waals surface area contributed by atoms with E-state index in [1.54, 1.807) is 17.6 Å².